The fourth-order valence-corrected chi connectivity index (χ4v) is 2.27. The zero-order chi connectivity index (χ0) is 10.1. The van der Waals surface area contributed by atoms with E-state index >= 15 is 0 Å². The van der Waals surface area contributed by atoms with E-state index in [0.29, 0.717) is 6.04 Å². The molecule has 3 atom stereocenters. The lowest BCUT2D eigenvalue weighted by molar-refractivity contribution is 0.456. The molecular formula is C11H19N3. The summed E-state index contributed by atoms with van der Waals surface area (Å²) < 4.78 is 2.09. The summed E-state index contributed by atoms with van der Waals surface area (Å²) in [4.78, 5) is 0. The molecule has 0 aliphatic heterocycles. The Labute approximate surface area is 85.5 Å². The quantitative estimate of drug-likeness (QED) is 0.790. The van der Waals surface area contributed by atoms with Gasteiger partial charge in [-0.05, 0) is 38.3 Å². The van der Waals surface area contributed by atoms with Crippen LogP contribution in [0.5, 0.6) is 0 Å². The van der Waals surface area contributed by atoms with E-state index in [2.05, 4.69) is 35.0 Å². The van der Waals surface area contributed by atoms with Crippen LogP contribution in [0.1, 0.15) is 32.0 Å². The average molecular weight is 193 g/mol. The van der Waals surface area contributed by atoms with E-state index in [1.54, 1.807) is 0 Å². The van der Waals surface area contributed by atoms with Gasteiger partial charge in [-0.3, -0.25) is 4.68 Å². The smallest absolute Gasteiger partial charge is 0.0556 e. The number of nitrogens with zero attached hydrogens (tertiary/aromatic N) is 2. The van der Waals surface area contributed by atoms with Crippen LogP contribution in [0.4, 0.5) is 0 Å². The summed E-state index contributed by atoms with van der Waals surface area (Å²) in [6.07, 6.45) is 3.25. The van der Waals surface area contributed by atoms with E-state index in [-0.39, 0.29) is 0 Å². The van der Waals surface area contributed by atoms with Gasteiger partial charge in [0.2, 0.25) is 0 Å². The predicted molar refractivity (Wildman–Crippen MR) is 57.0 cm³/mol. The van der Waals surface area contributed by atoms with Crippen molar-refractivity contribution in [2.24, 2.45) is 11.8 Å². The van der Waals surface area contributed by atoms with Crippen molar-refractivity contribution in [3.63, 3.8) is 0 Å². The third-order valence-corrected chi connectivity index (χ3v) is 3.28. The first kappa shape index (κ1) is 9.71. The van der Waals surface area contributed by atoms with Crippen LogP contribution >= 0.6 is 0 Å². The first-order valence-corrected chi connectivity index (χ1v) is 5.47. The van der Waals surface area contributed by atoms with Gasteiger partial charge in [0, 0.05) is 12.7 Å². The van der Waals surface area contributed by atoms with E-state index < -0.39 is 0 Å². The van der Waals surface area contributed by atoms with Gasteiger partial charge in [0.25, 0.3) is 0 Å². The van der Waals surface area contributed by atoms with Crippen LogP contribution in [0.15, 0.2) is 12.3 Å². The Morgan fingerprint density at radius 3 is 2.93 bits per heavy atom. The maximum absolute atomic E-state index is 4.32. The van der Waals surface area contributed by atoms with Crippen molar-refractivity contribution in [2.75, 3.05) is 7.05 Å². The first-order chi connectivity index (χ1) is 6.77. The third-order valence-electron chi connectivity index (χ3n) is 3.28. The van der Waals surface area contributed by atoms with Gasteiger partial charge in [0.05, 0.1) is 11.7 Å². The molecule has 1 aromatic heterocycles. The molecule has 3 unspecified atom stereocenters. The minimum absolute atomic E-state index is 0.493. The number of aryl methyl sites for hydroxylation is 1. The van der Waals surface area contributed by atoms with Crippen LogP contribution in [-0.4, -0.2) is 16.8 Å². The highest BCUT2D eigenvalue weighted by molar-refractivity contribution is 5.12. The molecule has 3 heteroatoms. The standard InChI is InChI=1S/C11H19N3/c1-4-14-10(5-6-13-14)11(12-3)9-7-8(9)2/h5-6,8-9,11-12H,4,7H2,1-3H3. The monoisotopic (exact) mass is 193 g/mol. The van der Waals surface area contributed by atoms with E-state index in [9.17, 15) is 0 Å². The van der Waals surface area contributed by atoms with Crippen molar-refractivity contribution >= 4 is 0 Å². The van der Waals surface area contributed by atoms with Gasteiger partial charge < -0.3 is 5.32 Å². The number of rotatable bonds is 4. The van der Waals surface area contributed by atoms with Gasteiger partial charge in [0.15, 0.2) is 0 Å². The second-order valence-corrected chi connectivity index (χ2v) is 4.22. The molecule has 0 aromatic carbocycles. The molecule has 0 saturated heterocycles. The molecule has 1 aliphatic carbocycles. The minimum Gasteiger partial charge on any atom is -0.311 e. The van der Waals surface area contributed by atoms with Gasteiger partial charge in [-0.25, -0.2) is 0 Å². The van der Waals surface area contributed by atoms with Crippen molar-refractivity contribution in [1.82, 2.24) is 15.1 Å². The van der Waals surface area contributed by atoms with Gasteiger partial charge in [-0.1, -0.05) is 6.92 Å². The van der Waals surface area contributed by atoms with Crippen molar-refractivity contribution in [3.8, 4) is 0 Å². The van der Waals surface area contributed by atoms with Gasteiger partial charge in [-0.15, -0.1) is 0 Å². The second-order valence-electron chi connectivity index (χ2n) is 4.22. The highest BCUT2D eigenvalue weighted by atomic mass is 15.3. The van der Waals surface area contributed by atoms with Crippen LogP contribution in [0.25, 0.3) is 0 Å². The molecule has 1 heterocycles. The molecule has 1 aromatic rings. The molecule has 14 heavy (non-hydrogen) atoms. The van der Waals surface area contributed by atoms with Crippen LogP contribution in [0, 0.1) is 11.8 Å². The van der Waals surface area contributed by atoms with Crippen molar-refractivity contribution in [2.45, 2.75) is 32.9 Å². The summed E-state index contributed by atoms with van der Waals surface area (Å²) in [7, 11) is 2.04. The van der Waals surface area contributed by atoms with Crippen LogP contribution in [0.2, 0.25) is 0 Å². The zero-order valence-corrected chi connectivity index (χ0v) is 9.20. The molecule has 0 bridgehead atoms. The molecule has 0 amide bonds. The lowest BCUT2D eigenvalue weighted by atomic mass is 10.1. The Morgan fingerprint density at radius 2 is 2.43 bits per heavy atom. The van der Waals surface area contributed by atoms with E-state index in [1.807, 2.05) is 13.2 Å². The minimum atomic E-state index is 0.493. The highest BCUT2D eigenvalue weighted by Crippen LogP contribution is 2.46. The van der Waals surface area contributed by atoms with E-state index in [4.69, 9.17) is 0 Å². The maximum Gasteiger partial charge on any atom is 0.0556 e. The molecule has 2 rings (SSSR count). The molecular weight excluding hydrogens is 174 g/mol. The molecule has 3 nitrogen and oxygen atoms in total. The Hall–Kier alpha value is -0.830. The summed E-state index contributed by atoms with van der Waals surface area (Å²) in [5, 5.41) is 7.73. The molecule has 1 fully saturated rings. The Morgan fingerprint density at radius 1 is 1.71 bits per heavy atom. The summed E-state index contributed by atoms with van der Waals surface area (Å²) in [5.74, 6) is 1.68. The summed E-state index contributed by atoms with van der Waals surface area (Å²) in [6, 6.07) is 2.63. The Bertz CT molecular complexity index is 305. The largest absolute Gasteiger partial charge is 0.311 e. The normalized spacial score (nSPS) is 27.6. The summed E-state index contributed by atoms with van der Waals surface area (Å²) in [5.41, 5.74) is 1.34. The van der Waals surface area contributed by atoms with Gasteiger partial charge >= 0.3 is 0 Å². The highest BCUT2D eigenvalue weighted by Gasteiger charge is 2.40. The van der Waals surface area contributed by atoms with E-state index in [1.165, 1.54) is 12.1 Å². The number of hydrogen-bond acceptors (Lipinski definition) is 2. The second kappa shape index (κ2) is 3.73. The molecule has 1 N–H and O–H groups in total. The maximum atomic E-state index is 4.32. The number of aromatic nitrogens is 2. The van der Waals surface area contributed by atoms with Gasteiger partial charge in [-0.2, -0.15) is 5.10 Å². The summed E-state index contributed by atoms with van der Waals surface area (Å²) in [6.45, 7) is 5.42. The summed E-state index contributed by atoms with van der Waals surface area (Å²) >= 11 is 0. The van der Waals surface area contributed by atoms with Crippen molar-refractivity contribution < 1.29 is 0 Å². The first-order valence-electron chi connectivity index (χ1n) is 5.47. The predicted octanol–water partition coefficient (Wildman–Crippen LogP) is 1.82. The molecule has 1 aliphatic rings. The van der Waals surface area contributed by atoms with E-state index in [0.717, 1.165) is 18.4 Å². The van der Waals surface area contributed by atoms with Crippen molar-refractivity contribution in [3.05, 3.63) is 18.0 Å². The topological polar surface area (TPSA) is 29.9 Å². The SMILES string of the molecule is CCn1nccc1C(NC)C1CC1C. The van der Waals surface area contributed by atoms with Crippen LogP contribution < -0.4 is 5.32 Å². The lowest BCUT2D eigenvalue weighted by Crippen LogP contribution is -2.22. The number of nitrogens with one attached hydrogen (secondary N) is 1. The fraction of sp³-hybridized carbons (Fsp3) is 0.727. The molecule has 0 radical (unpaired) electrons. The molecule has 0 spiro atoms. The average Bonchev–Trinajstić information content (AvgIpc) is 2.74. The molecule has 1 saturated carbocycles. The van der Waals surface area contributed by atoms with Crippen LogP contribution in [-0.2, 0) is 6.54 Å². The third kappa shape index (κ3) is 1.57. The fourth-order valence-electron chi connectivity index (χ4n) is 2.27. The Balaban J connectivity index is 2.18. The van der Waals surface area contributed by atoms with Crippen molar-refractivity contribution in [1.29, 1.82) is 0 Å². The zero-order valence-electron chi connectivity index (χ0n) is 9.20. The molecule has 78 valence electrons. The number of hydrogen-bond donors (Lipinski definition) is 1. The Kier molecular flexibility index (Phi) is 2.59. The lowest BCUT2D eigenvalue weighted by Gasteiger charge is -2.17. The van der Waals surface area contributed by atoms with Crippen LogP contribution in [0.3, 0.4) is 0 Å². The van der Waals surface area contributed by atoms with Gasteiger partial charge in [0.1, 0.15) is 0 Å².